The summed E-state index contributed by atoms with van der Waals surface area (Å²) in [6.45, 7) is 9.78. The molecule has 1 fully saturated rings. The second kappa shape index (κ2) is 9.70. The molecule has 8 heteroatoms. The first-order chi connectivity index (χ1) is 11.8. The summed E-state index contributed by atoms with van der Waals surface area (Å²) >= 11 is 0. The Morgan fingerprint density at radius 1 is 0.920 bits per heavy atom. The SMILES string of the molecule is CCOC(=O)C1(C(=O)OCC)CC(C)C(CP(=O)(OCC)OCC)C1. The Kier molecular flexibility index (Phi) is 8.58. The maximum atomic E-state index is 12.8. The van der Waals surface area contributed by atoms with Crippen molar-refractivity contribution in [1.29, 1.82) is 0 Å². The molecule has 0 aromatic carbocycles. The van der Waals surface area contributed by atoms with Crippen LogP contribution in [0.2, 0.25) is 0 Å². The van der Waals surface area contributed by atoms with Crippen molar-refractivity contribution >= 4 is 19.5 Å². The third kappa shape index (κ3) is 5.28. The number of rotatable bonds is 10. The molecule has 1 saturated carbocycles. The van der Waals surface area contributed by atoms with Crippen LogP contribution in [-0.2, 0) is 32.7 Å². The van der Waals surface area contributed by atoms with Crippen LogP contribution in [0.4, 0.5) is 0 Å². The van der Waals surface area contributed by atoms with E-state index in [1.165, 1.54) is 0 Å². The fourth-order valence-corrected chi connectivity index (χ4v) is 5.61. The normalized spacial score (nSPS) is 22.6. The fraction of sp³-hybridized carbons (Fsp3) is 0.882. The van der Waals surface area contributed by atoms with Gasteiger partial charge in [0.25, 0.3) is 0 Å². The lowest BCUT2D eigenvalue weighted by molar-refractivity contribution is -0.172. The summed E-state index contributed by atoms with van der Waals surface area (Å²) in [5.74, 6) is -1.29. The molecule has 7 nitrogen and oxygen atoms in total. The number of carbonyl (C=O) groups excluding carboxylic acids is 2. The van der Waals surface area contributed by atoms with Gasteiger partial charge in [-0.2, -0.15) is 0 Å². The van der Waals surface area contributed by atoms with E-state index in [4.69, 9.17) is 18.5 Å². The summed E-state index contributed by atoms with van der Waals surface area (Å²) in [5, 5.41) is 0. The summed E-state index contributed by atoms with van der Waals surface area (Å²) in [6.07, 6.45) is 0.722. The molecular formula is C17H31O7P. The summed E-state index contributed by atoms with van der Waals surface area (Å²) < 4.78 is 33.9. The van der Waals surface area contributed by atoms with Crippen molar-refractivity contribution < 1.29 is 32.7 Å². The van der Waals surface area contributed by atoms with E-state index in [9.17, 15) is 14.2 Å². The fourth-order valence-electron chi connectivity index (χ4n) is 3.47. The maximum absolute atomic E-state index is 12.8. The van der Waals surface area contributed by atoms with Crippen molar-refractivity contribution in [2.75, 3.05) is 32.6 Å². The van der Waals surface area contributed by atoms with Gasteiger partial charge in [0.15, 0.2) is 5.41 Å². The molecule has 146 valence electrons. The molecule has 0 heterocycles. The van der Waals surface area contributed by atoms with Crippen LogP contribution in [0.5, 0.6) is 0 Å². The topological polar surface area (TPSA) is 88.1 Å². The van der Waals surface area contributed by atoms with E-state index in [2.05, 4.69) is 0 Å². The largest absolute Gasteiger partial charge is 0.465 e. The molecule has 0 aromatic heterocycles. The van der Waals surface area contributed by atoms with E-state index in [-0.39, 0.29) is 50.8 Å². The Balaban J connectivity index is 3.04. The highest BCUT2D eigenvalue weighted by Crippen LogP contribution is 2.56. The highest BCUT2D eigenvalue weighted by molar-refractivity contribution is 7.53. The molecule has 2 atom stereocenters. The van der Waals surface area contributed by atoms with Crippen molar-refractivity contribution in [3.8, 4) is 0 Å². The molecule has 1 aliphatic rings. The molecule has 0 saturated heterocycles. The van der Waals surface area contributed by atoms with Crippen molar-refractivity contribution in [3.05, 3.63) is 0 Å². The van der Waals surface area contributed by atoms with Gasteiger partial charge in [-0.3, -0.25) is 14.2 Å². The molecule has 0 radical (unpaired) electrons. The third-order valence-corrected chi connectivity index (χ3v) is 6.75. The van der Waals surface area contributed by atoms with Crippen LogP contribution in [0.1, 0.15) is 47.5 Å². The van der Waals surface area contributed by atoms with E-state index in [1.807, 2.05) is 6.92 Å². The molecular weight excluding hydrogens is 347 g/mol. The van der Waals surface area contributed by atoms with Gasteiger partial charge in [0, 0.05) is 0 Å². The number of ether oxygens (including phenoxy) is 2. The van der Waals surface area contributed by atoms with Gasteiger partial charge in [-0.15, -0.1) is 0 Å². The summed E-state index contributed by atoms with van der Waals surface area (Å²) in [7, 11) is -3.26. The molecule has 0 N–H and O–H groups in total. The van der Waals surface area contributed by atoms with E-state index in [0.717, 1.165) is 0 Å². The summed E-state index contributed by atoms with van der Waals surface area (Å²) in [5.41, 5.74) is -1.33. The first kappa shape index (κ1) is 22.1. The van der Waals surface area contributed by atoms with E-state index < -0.39 is 24.9 Å². The van der Waals surface area contributed by atoms with E-state index in [0.29, 0.717) is 6.42 Å². The van der Waals surface area contributed by atoms with Crippen LogP contribution < -0.4 is 0 Å². The van der Waals surface area contributed by atoms with E-state index in [1.54, 1.807) is 27.7 Å². The number of hydrogen-bond acceptors (Lipinski definition) is 7. The zero-order chi connectivity index (χ0) is 19.1. The minimum atomic E-state index is -3.26. The molecule has 1 aliphatic carbocycles. The Labute approximate surface area is 150 Å². The van der Waals surface area contributed by atoms with Crippen molar-refractivity contribution in [3.63, 3.8) is 0 Å². The maximum Gasteiger partial charge on any atom is 0.330 e. The van der Waals surface area contributed by atoms with Gasteiger partial charge in [-0.1, -0.05) is 6.92 Å². The second-order valence-corrected chi connectivity index (χ2v) is 8.40. The first-order valence-corrected chi connectivity index (χ1v) is 10.7. The van der Waals surface area contributed by atoms with Gasteiger partial charge >= 0.3 is 19.5 Å². The van der Waals surface area contributed by atoms with Crippen LogP contribution in [0.25, 0.3) is 0 Å². The van der Waals surface area contributed by atoms with Crippen LogP contribution in [0.3, 0.4) is 0 Å². The average Bonchev–Trinajstić information content (AvgIpc) is 2.86. The first-order valence-electron chi connectivity index (χ1n) is 9.01. The summed E-state index contributed by atoms with van der Waals surface area (Å²) in [4.78, 5) is 25.1. The van der Waals surface area contributed by atoms with Crippen LogP contribution in [0, 0.1) is 17.3 Å². The Morgan fingerprint density at radius 2 is 1.40 bits per heavy atom. The molecule has 25 heavy (non-hydrogen) atoms. The quantitative estimate of drug-likeness (QED) is 0.327. The molecule has 0 aliphatic heterocycles. The van der Waals surface area contributed by atoms with Gasteiger partial charge < -0.3 is 18.5 Å². The highest BCUT2D eigenvalue weighted by Gasteiger charge is 2.57. The van der Waals surface area contributed by atoms with Gasteiger partial charge in [0.2, 0.25) is 0 Å². The van der Waals surface area contributed by atoms with Gasteiger partial charge in [-0.05, 0) is 52.4 Å². The van der Waals surface area contributed by atoms with Crippen molar-refractivity contribution in [1.82, 2.24) is 0 Å². The summed E-state index contributed by atoms with van der Waals surface area (Å²) in [6, 6.07) is 0. The lowest BCUT2D eigenvalue weighted by atomic mass is 9.85. The van der Waals surface area contributed by atoms with Gasteiger partial charge in [0.1, 0.15) is 0 Å². The third-order valence-electron chi connectivity index (χ3n) is 4.53. The monoisotopic (exact) mass is 378 g/mol. The predicted molar refractivity (Wildman–Crippen MR) is 93.3 cm³/mol. The van der Waals surface area contributed by atoms with Gasteiger partial charge in [-0.25, -0.2) is 0 Å². The lowest BCUT2D eigenvalue weighted by Crippen LogP contribution is -2.40. The highest BCUT2D eigenvalue weighted by atomic mass is 31.2. The standard InChI is InChI=1S/C17H31O7P/c1-6-21-15(18)17(16(19)22-7-2)10-13(5)14(11-17)12-25(20,23-8-3)24-9-4/h13-14H,6-12H2,1-5H3. The Hall–Kier alpha value is -0.910. The molecule has 0 spiro atoms. The van der Waals surface area contributed by atoms with E-state index >= 15 is 0 Å². The van der Waals surface area contributed by atoms with Crippen molar-refractivity contribution in [2.45, 2.75) is 47.5 Å². The lowest BCUT2D eigenvalue weighted by Gasteiger charge is -2.25. The smallest absolute Gasteiger partial charge is 0.330 e. The zero-order valence-electron chi connectivity index (χ0n) is 15.9. The van der Waals surface area contributed by atoms with Crippen LogP contribution in [0.15, 0.2) is 0 Å². The number of hydrogen-bond donors (Lipinski definition) is 0. The molecule has 1 rings (SSSR count). The average molecular weight is 378 g/mol. The molecule has 0 bridgehead atoms. The Bertz CT molecular complexity index is 477. The van der Waals surface area contributed by atoms with Crippen molar-refractivity contribution in [2.24, 2.45) is 17.3 Å². The van der Waals surface area contributed by atoms with Crippen LogP contribution >= 0.6 is 7.60 Å². The Morgan fingerprint density at radius 3 is 1.80 bits per heavy atom. The minimum Gasteiger partial charge on any atom is -0.465 e. The van der Waals surface area contributed by atoms with Gasteiger partial charge in [0.05, 0.1) is 32.6 Å². The molecule has 2 unspecified atom stereocenters. The number of carbonyl (C=O) groups is 2. The minimum absolute atomic E-state index is 0.0111. The van der Waals surface area contributed by atoms with Crippen LogP contribution in [-0.4, -0.2) is 44.5 Å². The number of esters is 2. The molecule has 0 amide bonds. The zero-order valence-corrected chi connectivity index (χ0v) is 16.8. The predicted octanol–water partition coefficient (Wildman–Crippen LogP) is 3.41. The second-order valence-electron chi connectivity index (χ2n) is 6.30. The molecule has 0 aromatic rings.